The van der Waals surface area contributed by atoms with Crippen molar-refractivity contribution in [3.05, 3.63) is 71.8 Å². The van der Waals surface area contributed by atoms with Crippen LogP contribution in [0.3, 0.4) is 0 Å². The molecule has 1 atom stereocenters. The molecule has 2 rings (SSSR count). The Morgan fingerprint density at radius 1 is 1.07 bits per heavy atom. The van der Waals surface area contributed by atoms with Gasteiger partial charge in [0.15, 0.2) is 6.10 Å². The molecule has 0 fully saturated rings. The maximum Gasteiger partial charge on any atom is 0.150 e. The molecule has 0 aromatic heterocycles. The minimum atomic E-state index is -2.58. The summed E-state index contributed by atoms with van der Waals surface area (Å²) in [4.78, 5) is 1.10. The van der Waals surface area contributed by atoms with E-state index in [9.17, 15) is 0 Å². The van der Waals surface area contributed by atoms with Crippen molar-refractivity contribution < 1.29 is 13.6 Å². The van der Waals surface area contributed by atoms with Gasteiger partial charge >= 0.3 is 0 Å². The Hall–Kier alpha value is -2.43. The first kappa shape index (κ1) is 18.6. The van der Waals surface area contributed by atoms with E-state index in [-0.39, 0.29) is 0 Å². The highest BCUT2D eigenvalue weighted by Crippen LogP contribution is 2.16. The number of hydrogen-bond donors (Lipinski definition) is 0. The second kappa shape index (κ2) is 14.6. The van der Waals surface area contributed by atoms with Crippen LogP contribution in [0, 0.1) is 23.7 Å². The minimum Gasteiger partial charge on any atom is -0.385 e. The van der Waals surface area contributed by atoms with E-state index in [2.05, 4.69) is 23.7 Å². The average Bonchev–Trinajstić information content (AvgIpc) is 2.78. The summed E-state index contributed by atoms with van der Waals surface area (Å²) in [7, 11) is -0.903. The Kier molecular flexibility index (Phi) is 9.33. The molecular formula is C26H28O2S. The van der Waals surface area contributed by atoms with Crippen LogP contribution < -0.4 is 0 Å². The zero-order chi connectivity index (χ0) is 23.1. The molecule has 29 heavy (non-hydrogen) atoms. The molecule has 0 N–H and O–H groups in total. The van der Waals surface area contributed by atoms with Crippen LogP contribution in [0.5, 0.6) is 0 Å². The molecule has 2 aromatic rings. The Morgan fingerprint density at radius 2 is 1.83 bits per heavy atom. The SMILES string of the molecule is [2H]C([2H])([2H])OC(C#CCSc1ccccc1)/C(C#CCCCCOC)=C/c1ccccc1. The summed E-state index contributed by atoms with van der Waals surface area (Å²) >= 11 is 1.59. The van der Waals surface area contributed by atoms with Gasteiger partial charge in [-0.25, -0.2) is 0 Å². The molecule has 0 aliphatic carbocycles. The van der Waals surface area contributed by atoms with Gasteiger partial charge in [-0.2, -0.15) is 0 Å². The number of unbranched alkanes of at least 4 members (excludes halogenated alkanes) is 2. The molecule has 0 radical (unpaired) electrons. The summed E-state index contributed by atoms with van der Waals surface area (Å²) in [5, 5.41) is 0. The van der Waals surface area contributed by atoms with Gasteiger partial charge in [-0.05, 0) is 36.6 Å². The van der Waals surface area contributed by atoms with Crippen LogP contribution in [-0.4, -0.2) is 32.6 Å². The van der Waals surface area contributed by atoms with E-state index in [1.54, 1.807) is 18.9 Å². The first-order valence-electron chi connectivity index (χ1n) is 11.1. The fourth-order valence-corrected chi connectivity index (χ4v) is 3.14. The van der Waals surface area contributed by atoms with E-state index < -0.39 is 13.1 Å². The molecule has 0 saturated carbocycles. The summed E-state index contributed by atoms with van der Waals surface area (Å²) in [6.07, 6.45) is 3.42. The fourth-order valence-electron chi connectivity index (χ4n) is 2.47. The van der Waals surface area contributed by atoms with Crippen molar-refractivity contribution in [1.29, 1.82) is 0 Å². The van der Waals surface area contributed by atoms with Crippen LogP contribution in [0.15, 0.2) is 71.1 Å². The lowest BCUT2D eigenvalue weighted by atomic mass is 10.1. The van der Waals surface area contributed by atoms with Crippen LogP contribution >= 0.6 is 11.8 Å². The molecule has 2 aromatic carbocycles. The third kappa shape index (κ3) is 9.55. The van der Waals surface area contributed by atoms with Gasteiger partial charge in [-0.1, -0.05) is 72.2 Å². The molecule has 0 spiro atoms. The van der Waals surface area contributed by atoms with Crippen molar-refractivity contribution in [2.45, 2.75) is 30.3 Å². The summed E-state index contributed by atoms with van der Waals surface area (Å²) in [5.41, 5.74) is 1.45. The van der Waals surface area contributed by atoms with E-state index in [0.29, 0.717) is 24.4 Å². The lowest BCUT2D eigenvalue weighted by Gasteiger charge is -2.09. The van der Waals surface area contributed by atoms with Gasteiger partial charge < -0.3 is 9.47 Å². The third-order valence-electron chi connectivity index (χ3n) is 3.94. The second-order valence-electron chi connectivity index (χ2n) is 6.18. The van der Waals surface area contributed by atoms with Crippen molar-refractivity contribution in [3.8, 4) is 23.7 Å². The number of thioether (sulfide) groups is 1. The lowest BCUT2D eigenvalue weighted by Crippen LogP contribution is -2.10. The summed E-state index contributed by atoms with van der Waals surface area (Å²) < 4.78 is 33.2. The maximum atomic E-state index is 7.59. The van der Waals surface area contributed by atoms with E-state index in [4.69, 9.17) is 13.6 Å². The molecule has 1 unspecified atom stereocenters. The maximum absolute atomic E-state index is 7.59. The van der Waals surface area contributed by atoms with E-state index in [0.717, 1.165) is 23.3 Å². The highest BCUT2D eigenvalue weighted by molar-refractivity contribution is 7.99. The van der Waals surface area contributed by atoms with Crippen LogP contribution in [0.4, 0.5) is 0 Å². The third-order valence-corrected chi connectivity index (χ3v) is 4.84. The van der Waals surface area contributed by atoms with E-state index in [1.165, 1.54) is 0 Å². The largest absolute Gasteiger partial charge is 0.385 e. The van der Waals surface area contributed by atoms with Gasteiger partial charge in [0.25, 0.3) is 0 Å². The summed E-state index contributed by atoms with van der Waals surface area (Å²) in [6.45, 7) is 0.698. The second-order valence-corrected chi connectivity index (χ2v) is 7.23. The molecule has 0 saturated heterocycles. The van der Waals surface area contributed by atoms with E-state index >= 15 is 0 Å². The number of ether oxygens (including phenoxy) is 2. The molecule has 0 amide bonds. The molecule has 0 heterocycles. The monoisotopic (exact) mass is 407 g/mol. The van der Waals surface area contributed by atoms with E-state index in [1.807, 2.05) is 66.7 Å². The number of hydrogen-bond acceptors (Lipinski definition) is 3. The molecule has 2 nitrogen and oxygen atoms in total. The normalized spacial score (nSPS) is 13.7. The van der Waals surface area contributed by atoms with Crippen LogP contribution in [0.25, 0.3) is 6.08 Å². The van der Waals surface area contributed by atoms with Crippen LogP contribution in [-0.2, 0) is 9.47 Å². The smallest absolute Gasteiger partial charge is 0.150 e. The Balaban J connectivity index is 2.22. The zero-order valence-electron chi connectivity index (χ0n) is 19.7. The molecule has 0 aliphatic heterocycles. The number of benzene rings is 2. The summed E-state index contributed by atoms with van der Waals surface area (Å²) in [5.74, 6) is 12.8. The molecule has 0 aliphatic rings. The average molecular weight is 408 g/mol. The zero-order valence-corrected chi connectivity index (χ0v) is 17.5. The van der Waals surface area contributed by atoms with Gasteiger partial charge in [0.2, 0.25) is 0 Å². The number of rotatable bonds is 9. The highest BCUT2D eigenvalue weighted by Gasteiger charge is 2.08. The molecule has 3 heteroatoms. The van der Waals surface area contributed by atoms with Crippen LogP contribution in [0.2, 0.25) is 0 Å². The van der Waals surface area contributed by atoms with Crippen molar-refractivity contribution >= 4 is 17.8 Å². The molecular weight excluding hydrogens is 376 g/mol. The lowest BCUT2D eigenvalue weighted by molar-refractivity contribution is 0.180. The van der Waals surface area contributed by atoms with Gasteiger partial charge in [-0.15, -0.1) is 11.8 Å². The van der Waals surface area contributed by atoms with Crippen molar-refractivity contribution in [3.63, 3.8) is 0 Å². The summed E-state index contributed by atoms with van der Waals surface area (Å²) in [6, 6.07) is 19.6. The fraction of sp³-hybridized carbons (Fsp3) is 0.308. The standard InChI is InChI=1S/C26H28O2S/c1-27-20-12-4-3-9-16-24(22-23-14-7-5-8-15-23)26(28-2)19-13-21-29-25-17-10-6-11-18-25/h5-8,10-11,14-15,17-18,22,26H,3-4,12,20-21H2,1-2H3/b24-22+/i2D3. The van der Waals surface area contributed by atoms with Gasteiger partial charge in [0.1, 0.15) is 0 Å². The molecule has 150 valence electrons. The highest BCUT2D eigenvalue weighted by atomic mass is 32.2. The van der Waals surface area contributed by atoms with Gasteiger partial charge in [-0.3, -0.25) is 0 Å². The van der Waals surface area contributed by atoms with Crippen LogP contribution in [0.1, 0.15) is 28.9 Å². The van der Waals surface area contributed by atoms with Crippen molar-refractivity contribution in [2.75, 3.05) is 26.5 Å². The first-order valence-corrected chi connectivity index (χ1v) is 10.5. The first-order chi connectivity index (χ1) is 15.5. The van der Waals surface area contributed by atoms with Gasteiger partial charge in [0, 0.05) is 37.6 Å². The Morgan fingerprint density at radius 3 is 2.55 bits per heavy atom. The Labute approximate surface area is 183 Å². The van der Waals surface area contributed by atoms with Crippen molar-refractivity contribution in [2.24, 2.45) is 0 Å². The predicted molar refractivity (Wildman–Crippen MR) is 124 cm³/mol. The quantitative estimate of drug-likeness (QED) is 0.302. The predicted octanol–water partition coefficient (Wildman–Crippen LogP) is 5.70. The Bertz CT molecular complexity index is 949. The molecule has 0 bridgehead atoms. The van der Waals surface area contributed by atoms with Crippen molar-refractivity contribution in [1.82, 2.24) is 0 Å². The minimum absolute atomic E-state index is 0.522. The topological polar surface area (TPSA) is 18.5 Å². The van der Waals surface area contributed by atoms with Gasteiger partial charge in [0.05, 0.1) is 9.87 Å². The number of methoxy groups -OCH3 is 2.